The van der Waals surface area contributed by atoms with E-state index in [1.54, 1.807) is 42.9 Å². The van der Waals surface area contributed by atoms with Crippen molar-refractivity contribution in [3.63, 3.8) is 0 Å². The maximum Gasteiger partial charge on any atom is 0.391 e. The molecule has 1 atom stereocenters. The third kappa shape index (κ3) is 3.87. The van der Waals surface area contributed by atoms with Crippen molar-refractivity contribution in [2.24, 2.45) is 0 Å². The van der Waals surface area contributed by atoms with Gasteiger partial charge in [-0.3, -0.25) is 0 Å². The summed E-state index contributed by atoms with van der Waals surface area (Å²) in [7, 11) is 0. The molecule has 1 N–H and O–H groups in total. The minimum absolute atomic E-state index is 0.333. The predicted molar refractivity (Wildman–Crippen MR) is 81.0 cm³/mol. The monoisotopic (exact) mass is 338 g/mol. The number of alkyl halides is 3. The average Bonchev–Trinajstić information content (AvgIpc) is 3.01. The fraction of sp³-hybridized carbons (Fsp3) is 0.375. The molecule has 24 heavy (non-hydrogen) atoms. The summed E-state index contributed by atoms with van der Waals surface area (Å²) in [5, 5.41) is 2.52. The maximum absolute atomic E-state index is 12.9. The van der Waals surface area contributed by atoms with Crippen molar-refractivity contribution in [2.45, 2.75) is 31.7 Å². The van der Waals surface area contributed by atoms with E-state index in [2.05, 4.69) is 10.3 Å². The molecule has 0 spiro atoms. The normalized spacial score (nSPS) is 15.7. The molecule has 1 aromatic carbocycles. The highest BCUT2D eigenvalue weighted by Gasteiger charge is 2.34. The van der Waals surface area contributed by atoms with Crippen molar-refractivity contribution in [3.8, 4) is 0 Å². The topological polar surface area (TPSA) is 50.2 Å². The molecule has 3 rings (SSSR count). The zero-order valence-corrected chi connectivity index (χ0v) is 12.8. The molecule has 2 aromatic rings. The Balaban J connectivity index is 1.71. The van der Waals surface area contributed by atoms with Gasteiger partial charge in [0, 0.05) is 19.3 Å². The lowest BCUT2D eigenvalue weighted by Gasteiger charge is -2.30. The molecule has 0 radical (unpaired) electrons. The molecule has 1 aliphatic heterocycles. The summed E-state index contributed by atoms with van der Waals surface area (Å²) >= 11 is 0. The van der Waals surface area contributed by atoms with Crippen LogP contribution in [0.5, 0.6) is 0 Å². The largest absolute Gasteiger partial charge is 0.391 e. The summed E-state index contributed by atoms with van der Waals surface area (Å²) in [6.07, 6.45) is -2.13. The molecule has 0 saturated carbocycles. The van der Waals surface area contributed by atoms with Gasteiger partial charge in [0.25, 0.3) is 0 Å². The molecule has 2 amide bonds. The number of nitrogens with one attached hydrogen (secondary N) is 1. The van der Waals surface area contributed by atoms with E-state index < -0.39 is 24.7 Å². The molecule has 0 bridgehead atoms. The van der Waals surface area contributed by atoms with Crippen molar-refractivity contribution in [1.29, 1.82) is 0 Å². The van der Waals surface area contributed by atoms with Crippen LogP contribution in [0.1, 0.15) is 23.7 Å². The van der Waals surface area contributed by atoms with E-state index in [1.165, 1.54) is 4.90 Å². The Hall–Kier alpha value is -2.51. The molecular formula is C16H17F3N4O. The first kappa shape index (κ1) is 16.4. The third-order valence-corrected chi connectivity index (χ3v) is 3.98. The first-order valence-electron chi connectivity index (χ1n) is 7.58. The molecule has 0 fully saturated rings. The van der Waals surface area contributed by atoms with Crippen LogP contribution in [-0.2, 0) is 13.1 Å². The van der Waals surface area contributed by atoms with Crippen LogP contribution in [0.15, 0.2) is 42.9 Å². The standard InChI is InChI=1S/C16H17F3N4O/c17-16(18,19)8-14(12-4-2-1-3-5-12)21-15(24)22-6-7-23-11-20-9-13(23)10-22/h1-5,9,11,14H,6-8,10H2,(H,21,24). The van der Waals surface area contributed by atoms with Crippen LogP contribution in [0, 0.1) is 0 Å². The van der Waals surface area contributed by atoms with Crippen molar-refractivity contribution in [2.75, 3.05) is 6.54 Å². The maximum atomic E-state index is 12.9. The number of nitrogens with zero attached hydrogens (tertiary/aromatic N) is 3. The number of hydrogen-bond donors (Lipinski definition) is 1. The van der Waals surface area contributed by atoms with Crippen LogP contribution in [0.2, 0.25) is 0 Å². The van der Waals surface area contributed by atoms with E-state index in [0.717, 1.165) is 5.69 Å². The Kier molecular flexibility index (Phi) is 4.46. The minimum Gasteiger partial charge on any atom is -0.331 e. The van der Waals surface area contributed by atoms with Crippen LogP contribution < -0.4 is 5.32 Å². The lowest BCUT2D eigenvalue weighted by atomic mass is 10.0. The molecule has 8 heteroatoms. The number of benzene rings is 1. The lowest BCUT2D eigenvalue weighted by molar-refractivity contribution is -0.139. The molecule has 1 aliphatic rings. The summed E-state index contributed by atoms with van der Waals surface area (Å²) in [5.41, 5.74) is 1.30. The second-order valence-corrected chi connectivity index (χ2v) is 5.73. The number of carbonyl (C=O) groups is 1. The lowest BCUT2D eigenvalue weighted by Crippen LogP contribution is -2.45. The summed E-state index contributed by atoms with van der Waals surface area (Å²) in [6.45, 7) is 1.35. The highest BCUT2D eigenvalue weighted by molar-refractivity contribution is 5.74. The summed E-state index contributed by atoms with van der Waals surface area (Å²) in [5.74, 6) is 0. The number of urea groups is 1. The smallest absolute Gasteiger partial charge is 0.331 e. The first-order valence-corrected chi connectivity index (χ1v) is 7.58. The van der Waals surface area contributed by atoms with Gasteiger partial charge in [-0.1, -0.05) is 30.3 Å². The zero-order chi connectivity index (χ0) is 17.2. The fourth-order valence-electron chi connectivity index (χ4n) is 2.77. The van der Waals surface area contributed by atoms with E-state index in [4.69, 9.17) is 0 Å². The van der Waals surface area contributed by atoms with Gasteiger partial charge in [-0.15, -0.1) is 0 Å². The van der Waals surface area contributed by atoms with E-state index in [0.29, 0.717) is 25.2 Å². The number of rotatable bonds is 3. The first-order chi connectivity index (χ1) is 11.4. The number of amides is 2. The Morgan fingerprint density at radius 3 is 2.71 bits per heavy atom. The quantitative estimate of drug-likeness (QED) is 0.935. The van der Waals surface area contributed by atoms with E-state index >= 15 is 0 Å². The van der Waals surface area contributed by atoms with E-state index in [9.17, 15) is 18.0 Å². The van der Waals surface area contributed by atoms with Crippen LogP contribution in [0.3, 0.4) is 0 Å². The Labute approximate surface area is 137 Å². The van der Waals surface area contributed by atoms with E-state index in [1.807, 2.05) is 4.57 Å². The van der Waals surface area contributed by atoms with Gasteiger partial charge < -0.3 is 14.8 Å². The molecular weight excluding hydrogens is 321 g/mol. The number of hydrogen-bond acceptors (Lipinski definition) is 2. The van der Waals surface area contributed by atoms with Crippen molar-refractivity contribution >= 4 is 6.03 Å². The number of imidazole rings is 1. The molecule has 128 valence electrons. The van der Waals surface area contributed by atoms with Crippen LogP contribution >= 0.6 is 0 Å². The van der Waals surface area contributed by atoms with E-state index in [-0.39, 0.29) is 0 Å². The highest BCUT2D eigenvalue weighted by Crippen LogP contribution is 2.29. The molecule has 0 saturated heterocycles. The number of fused-ring (bicyclic) bond motifs is 1. The summed E-state index contributed by atoms with van der Waals surface area (Å²) in [6, 6.07) is 6.60. The third-order valence-electron chi connectivity index (χ3n) is 3.98. The van der Waals surface area contributed by atoms with Crippen LogP contribution in [0.25, 0.3) is 0 Å². The van der Waals surface area contributed by atoms with Gasteiger partial charge in [0.2, 0.25) is 0 Å². The Morgan fingerprint density at radius 2 is 2.00 bits per heavy atom. The fourth-order valence-corrected chi connectivity index (χ4v) is 2.77. The van der Waals surface area contributed by atoms with Gasteiger partial charge >= 0.3 is 12.2 Å². The van der Waals surface area contributed by atoms with Crippen LogP contribution in [-0.4, -0.2) is 33.2 Å². The summed E-state index contributed by atoms with van der Waals surface area (Å²) in [4.78, 5) is 17.9. The van der Waals surface area contributed by atoms with Gasteiger partial charge in [0.1, 0.15) is 0 Å². The van der Waals surface area contributed by atoms with Gasteiger partial charge in [-0.05, 0) is 5.56 Å². The number of aromatic nitrogens is 2. The zero-order valence-electron chi connectivity index (χ0n) is 12.8. The van der Waals surface area contributed by atoms with Crippen LogP contribution in [0.4, 0.5) is 18.0 Å². The molecule has 1 aromatic heterocycles. The Bertz CT molecular complexity index is 699. The second-order valence-electron chi connectivity index (χ2n) is 5.73. The minimum atomic E-state index is -4.37. The average molecular weight is 338 g/mol. The SMILES string of the molecule is O=C(NC(CC(F)(F)F)c1ccccc1)N1CCn2cncc2C1. The second kappa shape index (κ2) is 6.54. The number of halogens is 3. The molecule has 0 aliphatic carbocycles. The Morgan fingerprint density at radius 1 is 1.25 bits per heavy atom. The van der Waals surface area contributed by atoms with Crippen molar-refractivity contribution in [1.82, 2.24) is 19.8 Å². The van der Waals surface area contributed by atoms with Gasteiger partial charge in [0.05, 0.1) is 31.0 Å². The van der Waals surface area contributed by atoms with Crippen molar-refractivity contribution < 1.29 is 18.0 Å². The molecule has 2 heterocycles. The highest BCUT2D eigenvalue weighted by atomic mass is 19.4. The summed E-state index contributed by atoms with van der Waals surface area (Å²) < 4.78 is 40.5. The molecule has 5 nitrogen and oxygen atoms in total. The molecule has 1 unspecified atom stereocenters. The number of carbonyl (C=O) groups excluding carboxylic acids is 1. The van der Waals surface area contributed by atoms with Crippen molar-refractivity contribution in [3.05, 3.63) is 54.1 Å². The van der Waals surface area contributed by atoms with Gasteiger partial charge in [-0.2, -0.15) is 13.2 Å². The van der Waals surface area contributed by atoms with Gasteiger partial charge in [0.15, 0.2) is 0 Å². The van der Waals surface area contributed by atoms with Gasteiger partial charge in [-0.25, -0.2) is 9.78 Å². The predicted octanol–water partition coefficient (Wildman–Crippen LogP) is 3.10.